The van der Waals surface area contributed by atoms with Gasteiger partial charge in [-0.25, -0.2) is 19.9 Å². The quantitative estimate of drug-likeness (QED) is 0.128. The van der Waals surface area contributed by atoms with E-state index in [1.54, 1.807) is 9.80 Å². The van der Waals surface area contributed by atoms with Crippen molar-refractivity contribution in [3.63, 3.8) is 0 Å². The van der Waals surface area contributed by atoms with E-state index in [2.05, 4.69) is 54.7 Å². The first-order valence-electron chi connectivity index (χ1n) is 24.2. The van der Waals surface area contributed by atoms with Crippen LogP contribution in [0, 0.1) is 3.57 Å². The van der Waals surface area contributed by atoms with Gasteiger partial charge in [-0.05, 0) is 158 Å². The highest BCUT2D eigenvalue weighted by Crippen LogP contribution is 2.43. The Balaban J connectivity index is 0.000000139. The van der Waals surface area contributed by atoms with Crippen molar-refractivity contribution in [1.29, 1.82) is 0 Å². The Kier molecular flexibility index (Phi) is 13.4. The zero-order valence-electron chi connectivity index (χ0n) is 43.1. The SMILES string of the molecule is CC1(C)OB(B2OC(C)(C)C(C)(C)O2)OC1(C)C.CC1(C)OB(c2ccc3nc(N)nc(C(=O)N4Cc5ccccc5C4)c3c2)OC1(C)C.Nc1nc(C(=O)N2Cc3ccccc3C2)c2cc(I)ccc2n1. The number of halogens is 1. The van der Waals surface area contributed by atoms with Crippen LogP contribution in [0.3, 0.4) is 0 Å². The van der Waals surface area contributed by atoms with E-state index >= 15 is 0 Å². The third-order valence-corrected chi connectivity index (χ3v) is 16.0. The number of nitrogens with two attached hydrogens (primary N) is 2. The molecule has 374 valence electrons. The molecule has 0 atom stereocenters. The van der Waals surface area contributed by atoms with Gasteiger partial charge in [0.1, 0.15) is 11.4 Å². The molecular formula is C52H62B3IN8O8. The van der Waals surface area contributed by atoms with Gasteiger partial charge in [0, 0.05) is 40.5 Å². The van der Waals surface area contributed by atoms with Gasteiger partial charge in [0.05, 0.1) is 44.6 Å². The third-order valence-electron chi connectivity index (χ3n) is 15.4. The molecule has 6 aromatic rings. The van der Waals surface area contributed by atoms with Crippen LogP contribution in [0.25, 0.3) is 21.8 Å². The van der Waals surface area contributed by atoms with Gasteiger partial charge in [0.2, 0.25) is 11.9 Å². The van der Waals surface area contributed by atoms with E-state index < -0.39 is 32.3 Å². The molecule has 4 aromatic carbocycles. The second kappa shape index (κ2) is 18.6. The van der Waals surface area contributed by atoms with Gasteiger partial charge >= 0.3 is 21.1 Å². The maximum absolute atomic E-state index is 13.4. The Morgan fingerprint density at radius 2 is 0.819 bits per heavy atom. The molecule has 3 saturated heterocycles. The van der Waals surface area contributed by atoms with Crippen molar-refractivity contribution in [2.24, 2.45) is 0 Å². The van der Waals surface area contributed by atoms with Gasteiger partial charge in [-0.15, -0.1) is 0 Å². The van der Waals surface area contributed by atoms with E-state index in [-0.39, 0.29) is 46.1 Å². The van der Waals surface area contributed by atoms with Crippen LogP contribution in [-0.4, -0.2) is 96.3 Å². The number of nitrogen functional groups attached to an aromatic ring is 2. The van der Waals surface area contributed by atoms with Crippen LogP contribution in [0.15, 0.2) is 84.9 Å². The summed E-state index contributed by atoms with van der Waals surface area (Å²) in [4.78, 5) is 47.1. The van der Waals surface area contributed by atoms with Gasteiger partial charge in [-0.2, -0.15) is 0 Å². The molecule has 2 aromatic heterocycles. The van der Waals surface area contributed by atoms with Gasteiger partial charge in [0.25, 0.3) is 11.8 Å². The molecule has 11 rings (SSSR count). The lowest BCUT2D eigenvalue weighted by molar-refractivity contribution is 0.00578. The topological polar surface area (TPSA) is 200 Å². The number of hydrogen-bond acceptors (Lipinski definition) is 14. The van der Waals surface area contributed by atoms with E-state index in [4.69, 9.17) is 39.4 Å². The molecule has 5 aliphatic rings. The smallest absolute Gasteiger partial charge is 0.405 e. The second-order valence-corrected chi connectivity index (χ2v) is 23.2. The highest BCUT2D eigenvalue weighted by Gasteiger charge is 2.64. The van der Waals surface area contributed by atoms with Crippen LogP contribution in [0.5, 0.6) is 0 Å². The fourth-order valence-electron chi connectivity index (χ4n) is 8.99. The van der Waals surface area contributed by atoms with Crippen LogP contribution in [0.1, 0.15) is 126 Å². The first kappa shape index (κ1) is 51.7. The van der Waals surface area contributed by atoms with Crippen molar-refractivity contribution in [3.05, 3.63) is 122 Å². The van der Waals surface area contributed by atoms with E-state index in [1.807, 2.05) is 156 Å². The van der Waals surface area contributed by atoms with Crippen molar-refractivity contribution in [2.45, 2.75) is 143 Å². The van der Waals surface area contributed by atoms with Gasteiger partial charge in [0.15, 0.2) is 0 Å². The Labute approximate surface area is 436 Å². The molecule has 0 aliphatic carbocycles. The van der Waals surface area contributed by atoms with Crippen LogP contribution in [0.2, 0.25) is 0 Å². The molecule has 5 aliphatic heterocycles. The predicted molar refractivity (Wildman–Crippen MR) is 289 cm³/mol. The molecule has 72 heavy (non-hydrogen) atoms. The van der Waals surface area contributed by atoms with Crippen LogP contribution in [-0.2, 0) is 54.1 Å². The minimum atomic E-state index is -0.536. The van der Waals surface area contributed by atoms with Crippen LogP contribution >= 0.6 is 22.6 Å². The molecule has 4 N–H and O–H groups in total. The molecular weight excluding hydrogens is 1020 g/mol. The number of rotatable bonds is 4. The molecule has 0 unspecified atom stereocenters. The average molecular weight is 1090 g/mol. The fourth-order valence-corrected chi connectivity index (χ4v) is 9.48. The zero-order chi connectivity index (χ0) is 51.9. The third kappa shape index (κ3) is 9.83. The van der Waals surface area contributed by atoms with E-state index in [9.17, 15) is 9.59 Å². The van der Waals surface area contributed by atoms with E-state index in [0.717, 1.165) is 25.5 Å². The number of benzene rings is 4. The first-order chi connectivity index (χ1) is 33.6. The Bertz CT molecular complexity index is 2990. The van der Waals surface area contributed by atoms with E-state index in [1.165, 1.54) is 11.1 Å². The predicted octanol–water partition coefficient (Wildman–Crippen LogP) is 7.89. The molecule has 16 nitrogen and oxygen atoms in total. The molecule has 20 heteroatoms. The van der Waals surface area contributed by atoms with E-state index in [0.29, 0.717) is 54.0 Å². The zero-order valence-corrected chi connectivity index (χ0v) is 45.3. The van der Waals surface area contributed by atoms with Crippen molar-refractivity contribution in [1.82, 2.24) is 29.7 Å². The summed E-state index contributed by atoms with van der Waals surface area (Å²) < 4.78 is 37.2. The van der Waals surface area contributed by atoms with Gasteiger partial charge in [-0.3, -0.25) is 9.59 Å². The number of carbonyl (C=O) groups is 2. The van der Waals surface area contributed by atoms with Crippen molar-refractivity contribution >= 4 is 94.7 Å². The number of carbonyl (C=O) groups excluding carboxylic acids is 2. The largest absolute Gasteiger partial charge is 0.494 e. The first-order valence-corrected chi connectivity index (χ1v) is 25.3. The summed E-state index contributed by atoms with van der Waals surface area (Å²) in [5.74, 6) is -0.0709. The lowest BCUT2D eigenvalue weighted by Gasteiger charge is -2.32. The highest BCUT2D eigenvalue weighted by atomic mass is 127. The summed E-state index contributed by atoms with van der Waals surface area (Å²) in [6.07, 6.45) is 0. The summed E-state index contributed by atoms with van der Waals surface area (Å²) in [5, 5.41) is 1.38. The lowest BCUT2D eigenvalue weighted by Crippen LogP contribution is -2.41. The molecule has 3 fully saturated rings. The Morgan fingerprint density at radius 1 is 0.486 bits per heavy atom. The molecule has 0 saturated carbocycles. The number of aromatic nitrogens is 4. The maximum Gasteiger partial charge on any atom is 0.494 e. The monoisotopic (exact) mass is 1090 g/mol. The normalized spacial score (nSPS) is 20.5. The highest BCUT2D eigenvalue weighted by molar-refractivity contribution is 14.1. The number of hydrogen-bond donors (Lipinski definition) is 2. The number of fused-ring (bicyclic) bond motifs is 4. The molecule has 2 amide bonds. The fraction of sp³-hybridized carbons (Fsp3) is 0.423. The van der Waals surface area contributed by atoms with Crippen LogP contribution < -0.4 is 16.9 Å². The van der Waals surface area contributed by atoms with Crippen molar-refractivity contribution in [3.8, 4) is 0 Å². The number of nitrogens with zero attached hydrogens (tertiary/aromatic N) is 6. The minimum absolute atomic E-state index is 0.0796. The second-order valence-electron chi connectivity index (χ2n) is 22.0. The Hall–Kier alpha value is -5.22. The summed E-state index contributed by atoms with van der Waals surface area (Å²) >= 11 is 2.21. The summed E-state index contributed by atoms with van der Waals surface area (Å²) in [6.45, 7) is 26.6. The summed E-state index contributed by atoms with van der Waals surface area (Å²) in [5.41, 5.74) is 16.8. The van der Waals surface area contributed by atoms with Gasteiger partial charge in [-0.1, -0.05) is 60.7 Å². The summed E-state index contributed by atoms with van der Waals surface area (Å²) in [7, 11) is -1.49. The lowest BCUT2D eigenvalue weighted by atomic mass is 9.49. The molecule has 7 heterocycles. The number of amides is 2. The summed E-state index contributed by atoms with van der Waals surface area (Å²) in [6, 6.07) is 27.5. The Morgan fingerprint density at radius 3 is 1.19 bits per heavy atom. The standard InChI is InChI=1S/C23H25BN4O3.C17H13IN4O.C12H24B2O4/c1-22(2)23(3,4)31-24(30-22)16-9-10-18-17(11-16)19(27-21(25)26-18)20(29)28-12-14-7-5-6-8-15(14)13-28;18-12-5-6-14-13(7-12)15(21-17(19)20-14)16(23)22-8-10-3-1-2-4-11(10)9-22;1-9(2)10(3,4)16-13(15-9)14-17-11(5,6)12(7,8)18-14/h5-11H,12-13H2,1-4H3,(H2,25,26,27);1-7H,8-9H2,(H2,19,20,21);1-8H3. The van der Waals surface area contributed by atoms with Gasteiger partial charge < -0.3 is 49.2 Å². The van der Waals surface area contributed by atoms with Crippen LogP contribution in [0.4, 0.5) is 11.9 Å². The molecule has 0 radical (unpaired) electrons. The minimum Gasteiger partial charge on any atom is -0.405 e. The average Bonchev–Trinajstić information content (AvgIpc) is 4.08. The maximum atomic E-state index is 13.4. The molecule has 0 bridgehead atoms. The number of anilines is 2. The van der Waals surface area contributed by atoms with Crippen molar-refractivity contribution < 1.29 is 37.5 Å². The molecule has 0 spiro atoms. The van der Waals surface area contributed by atoms with Crippen molar-refractivity contribution in [2.75, 3.05) is 11.5 Å².